The van der Waals surface area contributed by atoms with Crippen LogP contribution in [0.15, 0.2) is 12.1 Å². The molecule has 0 aliphatic heterocycles. The van der Waals surface area contributed by atoms with Crippen molar-refractivity contribution in [3.05, 3.63) is 35.1 Å². The third kappa shape index (κ3) is 1.58. The zero-order chi connectivity index (χ0) is 9.30. The summed E-state index contributed by atoms with van der Waals surface area (Å²) in [6, 6.07) is 1.28. The fourth-order valence-electron chi connectivity index (χ4n) is 0.838. The second-order valence-corrected chi connectivity index (χ2v) is 2.59. The maximum Gasteiger partial charge on any atom is 0.194 e. The van der Waals surface area contributed by atoms with E-state index in [1.807, 2.05) is 0 Å². The standard InChI is InChI=1S/C8H8F3N/c1-4(12)5-2-6(9)8(11)7(10)3-5/h2-4H,12H2,1H3/t4-/m0/s1. The molecule has 0 radical (unpaired) electrons. The Bertz CT molecular complexity index is 273. The molecule has 0 aliphatic carbocycles. The Morgan fingerprint density at radius 3 is 1.92 bits per heavy atom. The van der Waals surface area contributed by atoms with Crippen molar-refractivity contribution in [1.29, 1.82) is 0 Å². The first-order chi connectivity index (χ1) is 5.52. The Kier molecular flexibility index (Phi) is 2.38. The van der Waals surface area contributed by atoms with Gasteiger partial charge in [-0.05, 0) is 24.6 Å². The highest BCUT2D eigenvalue weighted by atomic mass is 19.2. The molecule has 0 aliphatic rings. The molecule has 0 aromatic heterocycles. The van der Waals surface area contributed by atoms with Crippen molar-refractivity contribution >= 4 is 0 Å². The van der Waals surface area contributed by atoms with Crippen LogP contribution in [0.4, 0.5) is 13.2 Å². The smallest absolute Gasteiger partial charge is 0.194 e. The first kappa shape index (κ1) is 9.06. The number of rotatable bonds is 1. The van der Waals surface area contributed by atoms with E-state index in [-0.39, 0.29) is 5.56 Å². The molecule has 1 atom stereocenters. The van der Waals surface area contributed by atoms with Crippen LogP contribution in [0, 0.1) is 17.5 Å². The molecule has 0 spiro atoms. The predicted octanol–water partition coefficient (Wildman–Crippen LogP) is 2.12. The Hall–Kier alpha value is -1.03. The lowest BCUT2D eigenvalue weighted by molar-refractivity contribution is 0.444. The van der Waals surface area contributed by atoms with E-state index in [9.17, 15) is 13.2 Å². The van der Waals surface area contributed by atoms with Gasteiger partial charge < -0.3 is 5.73 Å². The number of benzene rings is 1. The van der Waals surface area contributed by atoms with Crippen molar-refractivity contribution in [2.75, 3.05) is 0 Å². The Morgan fingerprint density at radius 1 is 1.17 bits per heavy atom. The normalized spacial score (nSPS) is 13.1. The van der Waals surface area contributed by atoms with Crippen LogP contribution < -0.4 is 5.73 Å². The average molecular weight is 175 g/mol. The van der Waals surface area contributed by atoms with Gasteiger partial charge in [-0.25, -0.2) is 13.2 Å². The Morgan fingerprint density at radius 2 is 1.58 bits per heavy atom. The molecule has 1 nitrogen and oxygen atoms in total. The van der Waals surface area contributed by atoms with E-state index in [4.69, 9.17) is 5.73 Å². The molecule has 1 aromatic rings. The molecular weight excluding hydrogens is 167 g/mol. The van der Waals surface area contributed by atoms with E-state index in [2.05, 4.69) is 0 Å². The highest BCUT2D eigenvalue weighted by Gasteiger charge is 2.11. The van der Waals surface area contributed by atoms with Crippen LogP contribution in [0.25, 0.3) is 0 Å². The average Bonchev–Trinajstić information content (AvgIpc) is 1.99. The zero-order valence-corrected chi connectivity index (χ0v) is 6.44. The SMILES string of the molecule is C[C@H](N)c1cc(F)c(F)c(F)c1. The molecule has 2 N–H and O–H groups in total. The minimum atomic E-state index is -1.46. The van der Waals surface area contributed by atoms with E-state index < -0.39 is 23.5 Å². The maximum atomic E-state index is 12.5. The minimum Gasteiger partial charge on any atom is -0.324 e. The fraction of sp³-hybridized carbons (Fsp3) is 0.250. The second-order valence-electron chi connectivity index (χ2n) is 2.59. The summed E-state index contributed by atoms with van der Waals surface area (Å²) in [6.07, 6.45) is 0. The van der Waals surface area contributed by atoms with Gasteiger partial charge in [0.1, 0.15) is 0 Å². The molecule has 1 aromatic carbocycles. The summed E-state index contributed by atoms with van der Waals surface area (Å²) in [5.74, 6) is -3.87. The van der Waals surface area contributed by atoms with Crippen LogP contribution in [0.3, 0.4) is 0 Å². The van der Waals surface area contributed by atoms with Crippen molar-refractivity contribution in [2.45, 2.75) is 13.0 Å². The van der Waals surface area contributed by atoms with Gasteiger partial charge in [-0.3, -0.25) is 0 Å². The van der Waals surface area contributed by atoms with Gasteiger partial charge in [0, 0.05) is 6.04 Å². The third-order valence-corrected chi connectivity index (χ3v) is 1.53. The predicted molar refractivity (Wildman–Crippen MR) is 38.9 cm³/mol. The Labute approximate surface area is 68.0 Å². The zero-order valence-electron chi connectivity index (χ0n) is 6.44. The molecule has 0 heterocycles. The lowest BCUT2D eigenvalue weighted by Gasteiger charge is -2.05. The molecule has 0 amide bonds. The van der Waals surface area contributed by atoms with Crippen LogP contribution in [-0.4, -0.2) is 0 Å². The fourth-order valence-corrected chi connectivity index (χ4v) is 0.838. The van der Waals surface area contributed by atoms with Crippen LogP contribution >= 0.6 is 0 Å². The van der Waals surface area contributed by atoms with Crippen LogP contribution in [0.5, 0.6) is 0 Å². The van der Waals surface area contributed by atoms with Gasteiger partial charge in [-0.1, -0.05) is 0 Å². The molecule has 0 saturated carbocycles. The Balaban J connectivity index is 3.21. The first-order valence-corrected chi connectivity index (χ1v) is 3.42. The van der Waals surface area contributed by atoms with Crippen LogP contribution in [-0.2, 0) is 0 Å². The van der Waals surface area contributed by atoms with Gasteiger partial charge in [-0.2, -0.15) is 0 Å². The summed E-state index contributed by atoms with van der Waals surface area (Å²) in [5.41, 5.74) is 5.59. The third-order valence-electron chi connectivity index (χ3n) is 1.53. The van der Waals surface area contributed by atoms with Gasteiger partial charge in [0.25, 0.3) is 0 Å². The van der Waals surface area contributed by atoms with Crippen molar-refractivity contribution < 1.29 is 13.2 Å². The van der Waals surface area contributed by atoms with Gasteiger partial charge in [-0.15, -0.1) is 0 Å². The van der Waals surface area contributed by atoms with Gasteiger partial charge in [0.2, 0.25) is 0 Å². The number of hydrogen-bond acceptors (Lipinski definition) is 1. The topological polar surface area (TPSA) is 26.0 Å². The molecule has 0 fully saturated rings. The molecule has 4 heteroatoms. The molecule has 12 heavy (non-hydrogen) atoms. The monoisotopic (exact) mass is 175 g/mol. The van der Waals surface area contributed by atoms with E-state index in [1.165, 1.54) is 0 Å². The lowest BCUT2D eigenvalue weighted by atomic mass is 10.1. The molecule has 0 unspecified atom stereocenters. The first-order valence-electron chi connectivity index (χ1n) is 3.42. The molecule has 66 valence electrons. The highest BCUT2D eigenvalue weighted by Crippen LogP contribution is 2.17. The minimum absolute atomic E-state index is 0.242. The summed E-state index contributed by atoms with van der Waals surface area (Å²) in [4.78, 5) is 0. The number of halogens is 3. The van der Waals surface area contributed by atoms with Crippen LogP contribution in [0.1, 0.15) is 18.5 Å². The summed E-state index contributed by atoms with van der Waals surface area (Å²) in [6.45, 7) is 1.56. The summed E-state index contributed by atoms with van der Waals surface area (Å²) >= 11 is 0. The quantitative estimate of drug-likeness (QED) is 0.650. The summed E-state index contributed by atoms with van der Waals surface area (Å²) in [7, 11) is 0. The van der Waals surface area contributed by atoms with E-state index in [0.29, 0.717) is 0 Å². The van der Waals surface area contributed by atoms with Gasteiger partial charge in [0.15, 0.2) is 17.5 Å². The number of nitrogens with two attached hydrogens (primary N) is 1. The van der Waals surface area contributed by atoms with E-state index in [0.717, 1.165) is 12.1 Å². The van der Waals surface area contributed by atoms with Gasteiger partial charge in [0.05, 0.1) is 0 Å². The van der Waals surface area contributed by atoms with Crippen molar-refractivity contribution in [3.63, 3.8) is 0 Å². The molecule has 1 rings (SSSR count). The maximum absolute atomic E-state index is 12.5. The van der Waals surface area contributed by atoms with Crippen molar-refractivity contribution in [3.8, 4) is 0 Å². The van der Waals surface area contributed by atoms with E-state index >= 15 is 0 Å². The van der Waals surface area contributed by atoms with Crippen LogP contribution in [0.2, 0.25) is 0 Å². The highest BCUT2D eigenvalue weighted by molar-refractivity contribution is 5.21. The van der Waals surface area contributed by atoms with E-state index in [1.54, 1.807) is 6.92 Å². The second kappa shape index (κ2) is 3.15. The molecular formula is C8H8F3N. The molecule has 0 bridgehead atoms. The number of hydrogen-bond donors (Lipinski definition) is 1. The van der Waals surface area contributed by atoms with Gasteiger partial charge >= 0.3 is 0 Å². The molecule has 0 saturated heterocycles. The lowest BCUT2D eigenvalue weighted by Crippen LogP contribution is -2.07. The summed E-state index contributed by atoms with van der Waals surface area (Å²) in [5, 5.41) is 0. The van der Waals surface area contributed by atoms with Crippen molar-refractivity contribution in [1.82, 2.24) is 0 Å². The largest absolute Gasteiger partial charge is 0.324 e. The summed E-state index contributed by atoms with van der Waals surface area (Å²) < 4.78 is 37.4. The van der Waals surface area contributed by atoms with Crippen molar-refractivity contribution in [2.24, 2.45) is 5.73 Å².